The summed E-state index contributed by atoms with van der Waals surface area (Å²) in [5.74, 6) is 0. The molecule has 0 unspecified atom stereocenters. The van der Waals surface area contributed by atoms with Gasteiger partial charge in [0.05, 0.1) is 4.90 Å². The molecule has 0 saturated heterocycles. The molecule has 0 radical (unpaired) electrons. The summed E-state index contributed by atoms with van der Waals surface area (Å²) in [5.41, 5.74) is 1.70. The molecule has 21 heavy (non-hydrogen) atoms. The summed E-state index contributed by atoms with van der Waals surface area (Å²) in [7, 11) is -3.45. The van der Waals surface area contributed by atoms with Crippen LogP contribution in [0.15, 0.2) is 21.5 Å². The van der Waals surface area contributed by atoms with Crippen LogP contribution in [0.4, 0.5) is 0 Å². The second-order valence-corrected chi connectivity index (χ2v) is 8.08. The van der Waals surface area contributed by atoms with Gasteiger partial charge in [0.2, 0.25) is 10.0 Å². The van der Waals surface area contributed by atoms with Crippen LogP contribution in [0.25, 0.3) is 0 Å². The van der Waals surface area contributed by atoms with E-state index in [1.54, 1.807) is 6.07 Å². The van der Waals surface area contributed by atoms with E-state index in [2.05, 4.69) is 39.8 Å². The van der Waals surface area contributed by atoms with Crippen molar-refractivity contribution in [2.45, 2.75) is 58.0 Å². The first kappa shape index (κ1) is 18.6. The molecule has 2 N–H and O–H groups in total. The van der Waals surface area contributed by atoms with E-state index >= 15 is 0 Å². The predicted molar refractivity (Wildman–Crippen MR) is 91.0 cm³/mol. The van der Waals surface area contributed by atoms with Crippen LogP contribution < -0.4 is 10.0 Å². The van der Waals surface area contributed by atoms with Gasteiger partial charge in [0.1, 0.15) is 0 Å². The standard InChI is InChI=1S/C15H25BrN2O2S/c1-5-6-7-18-21(19,20)15-9-13(10-17-11(2)3)8-14(16)12(15)4/h8-9,11,17-18H,5-7,10H2,1-4H3. The fraction of sp³-hybridized carbons (Fsp3) is 0.600. The van der Waals surface area contributed by atoms with Gasteiger partial charge in [-0.25, -0.2) is 13.1 Å². The summed E-state index contributed by atoms with van der Waals surface area (Å²) in [6.45, 7) is 9.10. The minimum absolute atomic E-state index is 0.354. The normalized spacial score (nSPS) is 12.1. The van der Waals surface area contributed by atoms with E-state index in [-0.39, 0.29) is 0 Å². The number of hydrogen-bond donors (Lipinski definition) is 2. The molecule has 0 atom stereocenters. The molecule has 1 aromatic carbocycles. The maximum absolute atomic E-state index is 12.4. The Labute approximate surface area is 136 Å². The minimum atomic E-state index is -3.45. The van der Waals surface area contributed by atoms with Crippen LogP contribution in [0, 0.1) is 6.92 Å². The molecule has 0 heterocycles. The van der Waals surface area contributed by atoms with Gasteiger partial charge < -0.3 is 5.32 Å². The van der Waals surface area contributed by atoms with Crippen molar-refractivity contribution in [1.82, 2.24) is 10.0 Å². The van der Waals surface area contributed by atoms with Gasteiger partial charge in [0.25, 0.3) is 0 Å². The zero-order valence-electron chi connectivity index (χ0n) is 13.2. The van der Waals surface area contributed by atoms with Crippen molar-refractivity contribution >= 4 is 26.0 Å². The van der Waals surface area contributed by atoms with Crippen LogP contribution in [0.3, 0.4) is 0 Å². The molecule has 1 rings (SSSR count). The van der Waals surface area contributed by atoms with Gasteiger partial charge in [0.15, 0.2) is 0 Å². The smallest absolute Gasteiger partial charge is 0.240 e. The van der Waals surface area contributed by atoms with Crippen molar-refractivity contribution in [1.29, 1.82) is 0 Å². The average molecular weight is 377 g/mol. The summed E-state index contributed by atoms with van der Waals surface area (Å²) < 4.78 is 28.3. The maximum atomic E-state index is 12.4. The molecule has 1 aromatic rings. The van der Waals surface area contributed by atoms with Crippen LogP contribution >= 0.6 is 15.9 Å². The zero-order valence-corrected chi connectivity index (χ0v) is 15.6. The zero-order chi connectivity index (χ0) is 16.0. The van der Waals surface area contributed by atoms with E-state index in [0.29, 0.717) is 24.0 Å². The van der Waals surface area contributed by atoms with Crippen LogP contribution in [-0.4, -0.2) is 21.0 Å². The first-order valence-electron chi connectivity index (χ1n) is 7.30. The van der Waals surface area contributed by atoms with Gasteiger partial charge in [-0.3, -0.25) is 0 Å². The van der Waals surface area contributed by atoms with Crippen molar-refractivity contribution in [3.63, 3.8) is 0 Å². The minimum Gasteiger partial charge on any atom is -0.310 e. The quantitative estimate of drug-likeness (QED) is 0.684. The predicted octanol–water partition coefficient (Wildman–Crippen LogP) is 3.33. The van der Waals surface area contributed by atoms with Crippen LogP contribution in [0.2, 0.25) is 0 Å². The molecule has 4 nitrogen and oxygen atoms in total. The molecule has 0 spiro atoms. The highest BCUT2D eigenvalue weighted by Crippen LogP contribution is 2.25. The Morgan fingerprint density at radius 2 is 1.95 bits per heavy atom. The van der Waals surface area contributed by atoms with Gasteiger partial charge >= 0.3 is 0 Å². The average Bonchev–Trinajstić information content (AvgIpc) is 2.39. The van der Waals surface area contributed by atoms with Crippen molar-refractivity contribution in [3.8, 4) is 0 Å². The van der Waals surface area contributed by atoms with Gasteiger partial charge in [-0.05, 0) is 36.6 Å². The number of benzene rings is 1. The fourth-order valence-corrected chi connectivity index (χ4v) is 3.90. The van der Waals surface area contributed by atoms with Gasteiger partial charge in [-0.1, -0.05) is 43.1 Å². The lowest BCUT2D eigenvalue weighted by Gasteiger charge is -2.14. The Hall–Kier alpha value is -0.430. The Balaban J connectivity index is 3.04. The van der Waals surface area contributed by atoms with Crippen molar-refractivity contribution in [2.24, 2.45) is 0 Å². The molecule has 0 amide bonds. The highest BCUT2D eigenvalue weighted by atomic mass is 79.9. The number of unbranched alkanes of at least 4 members (excludes halogenated alkanes) is 1. The third-order valence-corrected chi connectivity index (χ3v) is 5.59. The maximum Gasteiger partial charge on any atom is 0.240 e. The lowest BCUT2D eigenvalue weighted by molar-refractivity contribution is 0.575. The lowest BCUT2D eigenvalue weighted by atomic mass is 10.1. The Kier molecular flexibility index (Phi) is 7.33. The fourth-order valence-electron chi connectivity index (χ4n) is 1.87. The van der Waals surface area contributed by atoms with E-state index in [1.807, 2.05) is 19.9 Å². The molecule has 0 aromatic heterocycles. The van der Waals surface area contributed by atoms with Crippen LogP contribution in [0.1, 0.15) is 44.7 Å². The molecular formula is C15H25BrN2O2S. The van der Waals surface area contributed by atoms with Crippen LogP contribution in [0.5, 0.6) is 0 Å². The molecule has 0 saturated carbocycles. The molecule has 0 aliphatic rings. The SMILES string of the molecule is CCCCNS(=O)(=O)c1cc(CNC(C)C)cc(Br)c1C. The van der Waals surface area contributed by atoms with Crippen LogP contribution in [-0.2, 0) is 16.6 Å². The summed E-state index contributed by atoms with van der Waals surface area (Å²) in [6, 6.07) is 4.08. The molecule has 0 aliphatic heterocycles. The second-order valence-electron chi connectivity index (χ2n) is 5.49. The number of rotatable bonds is 8. The van der Waals surface area contributed by atoms with E-state index in [1.165, 1.54) is 0 Å². The third kappa shape index (κ3) is 5.70. The second kappa shape index (κ2) is 8.27. The van der Waals surface area contributed by atoms with Gasteiger partial charge in [-0.15, -0.1) is 0 Å². The van der Waals surface area contributed by atoms with Gasteiger partial charge in [-0.2, -0.15) is 0 Å². The lowest BCUT2D eigenvalue weighted by Crippen LogP contribution is -2.26. The molecule has 6 heteroatoms. The molecule has 0 bridgehead atoms. The summed E-state index contributed by atoms with van der Waals surface area (Å²) in [6.07, 6.45) is 1.80. The first-order valence-corrected chi connectivity index (χ1v) is 9.57. The van der Waals surface area contributed by atoms with Gasteiger partial charge in [0, 0.05) is 23.6 Å². The van der Waals surface area contributed by atoms with E-state index < -0.39 is 10.0 Å². The van der Waals surface area contributed by atoms with E-state index in [4.69, 9.17) is 0 Å². The largest absolute Gasteiger partial charge is 0.310 e. The molecule has 0 fully saturated rings. The number of nitrogens with one attached hydrogen (secondary N) is 2. The number of halogens is 1. The molecular weight excluding hydrogens is 352 g/mol. The number of sulfonamides is 1. The summed E-state index contributed by atoms with van der Waals surface area (Å²) in [5, 5.41) is 3.30. The third-order valence-electron chi connectivity index (χ3n) is 3.18. The summed E-state index contributed by atoms with van der Waals surface area (Å²) >= 11 is 3.46. The van der Waals surface area contributed by atoms with Crippen molar-refractivity contribution in [3.05, 3.63) is 27.7 Å². The Bertz CT molecular complexity index is 571. The topological polar surface area (TPSA) is 58.2 Å². The highest BCUT2D eigenvalue weighted by Gasteiger charge is 2.19. The van der Waals surface area contributed by atoms with E-state index in [9.17, 15) is 8.42 Å². The molecule has 0 aliphatic carbocycles. The van der Waals surface area contributed by atoms with Crippen molar-refractivity contribution in [2.75, 3.05) is 6.54 Å². The Morgan fingerprint density at radius 1 is 1.29 bits per heavy atom. The molecule has 120 valence electrons. The summed E-state index contributed by atoms with van der Waals surface area (Å²) in [4.78, 5) is 0.355. The Morgan fingerprint density at radius 3 is 2.52 bits per heavy atom. The highest BCUT2D eigenvalue weighted by molar-refractivity contribution is 9.10. The van der Waals surface area contributed by atoms with E-state index in [0.717, 1.165) is 28.4 Å². The first-order chi connectivity index (χ1) is 9.77. The number of hydrogen-bond acceptors (Lipinski definition) is 3. The van der Waals surface area contributed by atoms with Crippen molar-refractivity contribution < 1.29 is 8.42 Å². The monoisotopic (exact) mass is 376 g/mol.